The lowest BCUT2D eigenvalue weighted by Gasteiger charge is -1.88. The van der Waals surface area contributed by atoms with Crippen LogP contribution in [-0.2, 0) is 13.7 Å². The van der Waals surface area contributed by atoms with Gasteiger partial charge in [0.25, 0.3) is 0 Å². The minimum absolute atomic E-state index is 0.459. The molecule has 0 bridgehead atoms. The molecular weight excluding hydrogens is 153 g/mol. The summed E-state index contributed by atoms with van der Waals surface area (Å²) in [7, 11) is -2.07. The lowest BCUT2D eigenvalue weighted by Crippen LogP contribution is -1.92. The second-order valence-corrected chi connectivity index (χ2v) is 2.79. The summed E-state index contributed by atoms with van der Waals surface area (Å²) in [6, 6.07) is 0. The number of unbranched alkanes of at least 4 members (excludes halogenated alkanes) is 2. The largest absolute Gasteiger partial charge is 0.716 e. The van der Waals surface area contributed by atoms with Gasteiger partial charge >= 0.3 is 8.25 Å². The minimum atomic E-state index is -2.07. The number of hydrogen-bond acceptors (Lipinski definition) is 4. The molecule has 4 nitrogen and oxygen atoms in total. The van der Waals surface area contributed by atoms with Crippen LogP contribution < -0.4 is 5.90 Å². The third-order valence-electron chi connectivity index (χ3n) is 1.03. The first-order valence-electron chi connectivity index (χ1n) is 3.28. The van der Waals surface area contributed by atoms with E-state index < -0.39 is 8.25 Å². The Morgan fingerprint density at radius 1 is 1.50 bits per heavy atom. The van der Waals surface area contributed by atoms with Crippen molar-refractivity contribution in [3.63, 3.8) is 0 Å². The first-order chi connectivity index (χ1) is 4.81. The molecule has 0 aromatic rings. The van der Waals surface area contributed by atoms with Gasteiger partial charge in [-0.2, -0.15) is 5.90 Å². The third kappa shape index (κ3) is 6.11. The fourth-order valence-corrected chi connectivity index (χ4v) is 0.861. The van der Waals surface area contributed by atoms with Gasteiger partial charge in [-0.25, -0.2) is 0 Å². The Labute approximate surface area is 61.6 Å². The highest BCUT2D eigenvalue weighted by atomic mass is 31.1. The molecule has 1 unspecified atom stereocenters. The highest BCUT2D eigenvalue weighted by Gasteiger charge is 2.16. The number of nitrogens with two attached hydrogens (primary N) is 1. The van der Waals surface area contributed by atoms with E-state index in [0.717, 1.165) is 19.3 Å². The summed E-state index contributed by atoms with van der Waals surface area (Å²) in [5.74, 6) is 4.58. The van der Waals surface area contributed by atoms with Gasteiger partial charge in [-0.3, -0.25) is 0 Å². The molecule has 0 rings (SSSR count). The van der Waals surface area contributed by atoms with Crippen molar-refractivity contribution < 1.29 is 13.7 Å². The summed E-state index contributed by atoms with van der Waals surface area (Å²) in [6.07, 6.45) is 3.10. The molecule has 1 atom stereocenters. The number of hydrogen-bond donors (Lipinski definition) is 1. The summed E-state index contributed by atoms with van der Waals surface area (Å²) in [6.45, 7) is 2.54. The van der Waals surface area contributed by atoms with Crippen molar-refractivity contribution in [2.75, 3.05) is 6.61 Å². The Bertz CT molecular complexity index is 98.9. The molecule has 5 heteroatoms. The molecule has 0 aromatic heterocycles. The van der Waals surface area contributed by atoms with E-state index in [1.54, 1.807) is 0 Å². The summed E-state index contributed by atoms with van der Waals surface area (Å²) in [5.41, 5.74) is 0. The molecule has 0 aromatic carbocycles. The van der Waals surface area contributed by atoms with Crippen LogP contribution in [0, 0.1) is 0 Å². The van der Waals surface area contributed by atoms with Crippen molar-refractivity contribution in [2.45, 2.75) is 26.2 Å². The Kier molecular flexibility index (Phi) is 7.08. The van der Waals surface area contributed by atoms with Crippen LogP contribution in [0.25, 0.3) is 0 Å². The standard InChI is InChI=1S/C5H13NO3P/c1-2-3-4-5-8-10(7)9-6/h2-6H2,1H3/q+1. The van der Waals surface area contributed by atoms with Gasteiger partial charge in [0, 0.05) is 4.57 Å². The van der Waals surface area contributed by atoms with E-state index in [1.807, 2.05) is 0 Å². The Balaban J connectivity index is 2.96. The lowest BCUT2D eigenvalue weighted by molar-refractivity contribution is 0.226. The van der Waals surface area contributed by atoms with Crippen molar-refractivity contribution >= 4 is 8.25 Å². The zero-order valence-electron chi connectivity index (χ0n) is 6.08. The van der Waals surface area contributed by atoms with Gasteiger partial charge in [-0.05, 0) is 11.0 Å². The Morgan fingerprint density at radius 2 is 2.20 bits per heavy atom. The highest BCUT2D eigenvalue weighted by Crippen LogP contribution is 2.20. The zero-order chi connectivity index (χ0) is 7.82. The highest BCUT2D eigenvalue weighted by molar-refractivity contribution is 7.33. The zero-order valence-corrected chi connectivity index (χ0v) is 6.97. The van der Waals surface area contributed by atoms with E-state index in [0.29, 0.717) is 6.61 Å². The molecule has 60 valence electrons. The average Bonchev–Trinajstić information content (AvgIpc) is 1.98. The fraction of sp³-hybridized carbons (Fsp3) is 1.00. The first-order valence-corrected chi connectivity index (χ1v) is 4.37. The van der Waals surface area contributed by atoms with E-state index in [4.69, 9.17) is 0 Å². The average molecular weight is 166 g/mol. The van der Waals surface area contributed by atoms with E-state index in [-0.39, 0.29) is 0 Å². The fourth-order valence-electron chi connectivity index (χ4n) is 0.522. The van der Waals surface area contributed by atoms with Gasteiger partial charge in [0.1, 0.15) is 6.61 Å². The molecule has 0 saturated heterocycles. The quantitative estimate of drug-likeness (QED) is 0.371. The smallest absolute Gasteiger partial charge is 0.162 e. The lowest BCUT2D eigenvalue weighted by atomic mass is 10.3. The molecule has 0 aliphatic rings. The van der Waals surface area contributed by atoms with Crippen LogP contribution in [0.15, 0.2) is 0 Å². The summed E-state index contributed by atoms with van der Waals surface area (Å²) in [5, 5.41) is 0. The first kappa shape index (κ1) is 9.98. The van der Waals surface area contributed by atoms with Crippen LogP contribution in [0.5, 0.6) is 0 Å². The van der Waals surface area contributed by atoms with Crippen LogP contribution in [0.4, 0.5) is 0 Å². The van der Waals surface area contributed by atoms with Crippen molar-refractivity contribution in [1.82, 2.24) is 0 Å². The van der Waals surface area contributed by atoms with Gasteiger partial charge in [0.2, 0.25) is 0 Å². The Hall–Kier alpha value is -0.0200. The maximum atomic E-state index is 10.4. The van der Waals surface area contributed by atoms with Crippen molar-refractivity contribution in [3.8, 4) is 0 Å². The molecule has 0 spiro atoms. The molecule has 0 aliphatic carbocycles. The summed E-state index contributed by atoms with van der Waals surface area (Å²) >= 11 is 0. The van der Waals surface area contributed by atoms with E-state index in [2.05, 4.69) is 22.0 Å². The van der Waals surface area contributed by atoms with Gasteiger partial charge in [0.15, 0.2) is 0 Å². The molecule has 0 fully saturated rings. The maximum Gasteiger partial charge on any atom is 0.716 e. The van der Waals surface area contributed by atoms with Gasteiger partial charge < -0.3 is 0 Å². The second-order valence-electron chi connectivity index (χ2n) is 1.87. The normalized spacial score (nSPS) is 11.6. The minimum Gasteiger partial charge on any atom is -0.162 e. The van der Waals surface area contributed by atoms with Crippen LogP contribution in [0.3, 0.4) is 0 Å². The molecule has 0 radical (unpaired) electrons. The summed E-state index contributed by atoms with van der Waals surface area (Å²) < 4.78 is 18.9. The molecule has 0 saturated carbocycles. The van der Waals surface area contributed by atoms with Crippen molar-refractivity contribution in [2.24, 2.45) is 5.90 Å². The topological polar surface area (TPSA) is 61.5 Å². The predicted molar refractivity (Wildman–Crippen MR) is 38.4 cm³/mol. The SMILES string of the molecule is CCCCCO[P+](=O)ON. The molecule has 10 heavy (non-hydrogen) atoms. The molecule has 0 heterocycles. The van der Waals surface area contributed by atoms with Crippen LogP contribution >= 0.6 is 8.25 Å². The van der Waals surface area contributed by atoms with E-state index in [1.165, 1.54) is 0 Å². The van der Waals surface area contributed by atoms with Crippen LogP contribution in [-0.4, -0.2) is 6.61 Å². The molecule has 0 aliphatic heterocycles. The second kappa shape index (κ2) is 7.09. The van der Waals surface area contributed by atoms with Gasteiger partial charge in [-0.1, -0.05) is 19.8 Å². The van der Waals surface area contributed by atoms with Crippen LogP contribution in [0.2, 0.25) is 0 Å². The molecular formula is C5H13NO3P+. The van der Waals surface area contributed by atoms with E-state index >= 15 is 0 Å². The third-order valence-corrected chi connectivity index (χ3v) is 1.60. The van der Waals surface area contributed by atoms with Gasteiger partial charge in [-0.15, -0.1) is 4.52 Å². The maximum absolute atomic E-state index is 10.4. The van der Waals surface area contributed by atoms with Crippen LogP contribution in [0.1, 0.15) is 26.2 Å². The van der Waals surface area contributed by atoms with Gasteiger partial charge in [0.05, 0.1) is 0 Å². The van der Waals surface area contributed by atoms with Crippen molar-refractivity contribution in [1.29, 1.82) is 0 Å². The summed E-state index contributed by atoms with van der Waals surface area (Å²) in [4.78, 5) is 0. The monoisotopic (exact) mass is 166 g/mol. The number of rotatable bonds is 6. The molecule has 0 amide bonds. The van der Waals surface area contributed by atoms with E-state index in [9.17, 15) is 4.57 Å². The molecule has 2 N–H and O–H groups in total. The Morgan fingerprint density at radius 3 is 2.70 bits per heavy atom. The van der Waals surface area contributed by atoms with Crippen molar-refractivity contribution in [3.05, 3.63) is 0 Å². The predicted octanol–water partition coefficient (Wildman–Crippen LogP) is 1.74.